The molecule has 5 nitrogen and oxygen atoms in total. The third-order valence-corrected chi connectivity index (χ3v) is 5.39. The number of morpholine rings is 1. The molecule has 1 aliphatic heterocycles. The first-order chi connectivity index (χ1) is 14.8. The topological polar surface area (TPSA) is 57.4 Å². The quantitative estimate of drug-likeness (QED) is 0.593. The van der Waals surface area contributed by atoms with E-state index in [9.17, 15) is 22.4 Å². The summed E-state index contributed by atoms with van der Waals surface area (Å²) < 4.78 is 57.5. The van der Waals surface area contributed by atoms with Gasteiger partial charge >= 0.3 is 6.18 Å². The highest BCUT2D eigenvalue weighted by atomic mass is 19.4. The second-order valence-electron chi connectivity index (χ2n) is 7.41. The van der Waals surface area contributed by atoms with Gasteiger partial charge in [-0.3, -0.25) is 9.69 Å². The van der Waals surface area contributed by atoms with Gasteiger partial charge < -0.3 is 15.0 Å². The smallest absolute Gasteiger partial charge is 0.379 e. The average molecular weight is 435 g/mol. The first-order valence-electron chi connectivity index (χ1n) is 9.87. The Bertz CT molecular complexity index is 1060. The van der Waals surface area contributed by atoms with Gasteiger partial charge in [-0.1, -0.05) is 12.1 Å². The van der Waals surface area contributed by atoms with Crippen molar-refractivity contribution < 1.29 is 27.1 Å². The number of aromatic nitrogens is 1. The number of rotatable bonds is 5. The summed E-state index contributed by atoms with van der Waals surface area (Å²) in [5.74, 6) is -0.769. The minimum atomic E-state index is -4.41. The molecule has 1 amide bonds. The molecular weight excluding hydrogens is 414 g/mol. The molecule has 1 aromatic heterocycles. The van der Waals surface area contributed by atoms with Crippen molar-refractivity contribution in [2.75, 3.05) is 32.8 Å². The van der Waals surface area contributed by atoms with E-state index in [2.05, 4.69) is 15.2 Å². The highest BCUT2D eigenvalue weighted by molar-refractivity contribution is 5.98. The second kappa shape index (κ2) is 8.68. The molecule has 164 valence electrons. The Kier molecular flexibility index (Phi) is 5.97. The Hall–Kier alpha value is -2.91. The zero-order valence-corrected chi connectivity index (χ0v) is 16.5. The highest BCUT2D eigenvalue weighted by Gasteiger charge is 2.31. The Labute approximate surface area is 176 Å². The lowest BCUT2D eigenvalue weighted by atomic mass is 10.0. The van der Waals surface area contributed by atoms with E-state index in [1.54, 1.807) is 12.1 Å². The molecule has 0 spiro atoms. The van der Waals surface area contributed by atoms with Crippen LogP contribution in [0.2, 0.25) is 0 Å². The van der Waals surface area contributed by atoms with Crippen LogP contribution in [-0.4, -0.2) is 48.6 Å². The number of hydrogen-bond acceptors (Lipinski definition) is 3. The summed E-state index contributed by atoms with van der Waals surface area (Å²) in [6.07, 6.45) is -4.41. The molecule has 2 N–H and O–H groups in total. The van der Waals surface area contributed by atoms with E-state index < -0.39 is 17.6 Å². The zero-order valence-electron chi connectivity index (χ0n) is 16.5. The Balaban J connectivity index is 1.52. The fourth-order valence-electron chi connectivity index (χ4n) is 3.75. The second-order valence-corrected chi connectivity index (χ2v) is 7.41. The summed E-state index contributed by atoms with van der Waals surface area (Å²) in [6, 6.07) is 10.4. The fourth-order valence-corrected chi connectivity index (χ4v) is 3.75. The maximum Gasteiger partial charge on any atom is 0.416 e. The molecule has 2 aromatic carbocycles. The van der Waals surface area contributed by atoms with Crippen LogP contribution < -0.4 is 5.32 Å². The zero-order chi connectivity index (χ0) is 22.0. The number of alkyl halides is 3. The number of ether oxygens (including phenoxy) is 1. The number of nitrogens with one attached hydrogen (secondary N) is 2. The molecule has 1 unspecified atom stereocenters. The van der Waals surface area contributed by atoms with Crippen LogP contribution in [0, 0.1) is 5.82 Å². The minimum absolute atomic E-state index is 0.202. The molecule has 2 heterocycles. The number of nitrogens with zero attached hydrogens (tertiary/aromatic N) is 1. The summed E-state index contributed by atoms with van der Waals surface area (Å²) in [4.78, 5) is 17.7. The van der Waals surface area contributed by atoms with Crippen LogP contribution in [0.4, 0.5) is 17.6 Å². The molecule has 3 aromatic rings. The lowest BCUT2D eigenvalue weighted by Crippen LogP contribution is -2.43. The van der Waals surface area contributed by atoms with E-state index in [0.717, 1.165) is 12.1 Å². The minimum Gasteiger partial charge on any atom is -0.379 e. The van der Waals surface area contributed by atoms with Gasteiger partial charge in [-0.15, -0.1) is 0 Å². The number of carbonyl (C=O) groups excluding carboxylic acids is 1. The van der Waals surface area contributed by atoms with E-state index in [4.69, 9.17) is 4.74 Å². The summed E-state index contributed by atoms with van der Waals surface area (Å²) in [6.45, 7) is 2.44. The van der Waals surface area contributed by atoms with Gasteiger partial charge in [0, 0.05) is 30.5 Å². The van der Waals surface area contributed by atoms with Crippen LogP contribution in [0.15, 0.2) is 48.5 Å². The number of carbonyl (C=O) groups is 1. The Morgan fingerprint density at radius 1 is 1.10 bits per heavy atom. The summed E-state index contributed by atoms with van der Waals surface area (Å²) in [5, 5.41) is 3.43. The molecule has 0 bridgehead atoms. The van der Waals surface area contributed by atoms with Crippen molar-refractivity contribution in [2.45, 2.75) is 12.2 Å². The van der Waals surface area contributed by atoms with Crippen molar-refractivity contribution in [1.82, 2.24) is 15.2 Å². The number of halogens is 4. The van der Waals surface area contributed by atoms with E-state index in [-0.39, 0.29) is 24.2 Å². The monoisotopic (exact) mass is 435 g/mol. The van der Waals surface area contributed by atoms with Crippen LogP contribution >= 0.6 is 0 Å². The number of benzene rings is 2. The van der Waals surface area contributed by atoms with Crippen molar-refractivity contribution in [1.29, 1.82) is 0 Å². The maximum atomic E-state index is 13.4. The predicted molar refractivity (Wildman–Crippen MR) is 107 cm³/mol. The van der Waals surface area contributed by atoms with Crippen LogP contribution in [0.25, 0.3) is 10.9 Å². The lowest BCUT2D eigenvalue weighted by molar-refractivity contribution is -0.137. The van der Waals surface area contributed by atoms with Gasteiger partial charge in [0.15, 0.2) is 0 Å². The van der Waals surface area contributed by atoms with Crippen LogP contribution in [0.1, 0.15) is 27.7 Å². The molecule has 1 aliphatic rings. The van der Waals surface area contributed by atoms with E-state index in [1.165, 1.54) is 24.3 Å². The molecule has 0 saturated carbocycles. The fraction of sp³-hybridized carbons (Fsp3) is 0.318. The number of amides is 1. The van der Waals surface area contributed by atoms with Crippen molar-refractivity contribution in [3.05, 3.63) is 71.2 Å². The van der Waals surface area contributed by atoms with Gasteiger partial charge in [0.25, 0.3) is 5.91 Å². The number of fused-ring (bicyclic) bond motifs is 1. The van der Waals surface area contributed by atoms with Gasteiger partial charge in [-0.2, -0.15) is 13.2 Å². The van der Waals surface area contributed by atoms with Gasteiger partial charge in [0.2, 0.25) is 0 Å². The number of aromatic amines is 1. The molecule has 1 fully saturated rings. The molecule has 9 heteroatoms. The number of hydrogen-bond donors (Lipinski definition) is 2. The average Bonchev–Trinajstić information content (AvgIpc) is 3.17. The van der Waals surface area contributed by atoms with Gasteiger partial charge in [0.1, 0.15) is 11.5 Å². The first-order valence-corrected chi connectivity index (χ1v) is 9.87. The molecule has 0 aliphatic carbocycles. The normalized spacial score (nSPS) is 16.4. The van der Waals surface area contributed by atoms with Crippen LogP contribution in [0.3, 0.4) is 0 Å². The van der Waals surface area contributed by atoms with Gasteiger partial charge in [-0.05, 0) is 42.0 Å². The molecule has 31 heavy (non-hydrogen) atoms. The van der Waals surface area contributed by atoms with Crippen molar-refractivity contribution >= 4 is 16.8 Å². The van der Waals surface area contributed by atoms with Crippen LogP contribution in [-0.2, 0) is 10.9 Å². The standard InChI is InChI=1S/C22H21F4N3O2/c23-17-5-6-18-15(11-17)12-19(28-18)21(30)27-13-20(29-7-9-31-10-8-29)14-1-3-16(4-2-14)22(24,25)26/h1-6,11-12,20,28H,7-10,13H2,(H,27,30). The molecular formula is C22H21F4N3O2. The summed E-state index contributed by atoms with van der Waals surface area (Å²) in [5.41, 5.74) is 0.882. The van der Waals surface area contributed by atoms with Crippen molar-refractivity contribution in [2.24, 2.45) is 0 Å². The van der Waals surface area contributed by atoms with E-state index in [1.807, 2.05) is 0 Å². The Morgan fingerprint density at radius 2 is 1.81 bits per heavy atom. The maximum absolute atomic E-state index is 13.4. The summed E-state index contributed by atoms with van der Waals surface area (Å²) >= 11 is 0. The Morgan fingerprint density at radius 3 is 2.48 bits per heavy atom. The lowest BCUT2D eigenvalue weighted by Gasteiger charge is -2.35. The first kappa shape index (κ1) is 21.3. The molecule has 4 rings (SSSR count). The number of H-pyrrole nitrogens is 1. The largest absolute Gasteiger partial charge is 0.416 e. The predicted octanol–water partition coefficient (Wildman–Crippen LogP) is 4.13. The molecule has 0 radical (unpaired) electrons. The van der Waals surface area contributed by atoms with E-state index >= 15 is 0 Å². The van der Waals surface area contributed by atoms with Crippen molar-refractivity contribution in [3.8, 4) is 0 Å². The third-order valence-electron chi connectivity index (χ3n) is 5.39. The SMILES string of the molecule is O=C(NCC(c1ccc(C(F)(F)F)cc1)N1CCOCC1)c1cc2cc(F)ccc2[nH]1. The van der Waals surface area contributed by atoms with Crippen molar-refractivity contribution in [3.63, 3.8) is 0 Å². The van der Waals surface area contributed by atoms with Gasteiger partial charge in [0.05, 0.1) is 24.8 Å². The molecule has 1 atom stereocenters. The third kappa shape index (κ3) is 4.88. The van der Waals surface area contributed by atoms with Gasteiger partial charge in [-0.25, -0.2) is 4.39 Å². The summed E-state index contributed by atoms with van der Waals surface area (Å²) in [7, 11) is 0. The van der Waals surface area contributed by atoms with E-state index in [0.29, 0.717) is 42.8 Å². The van der Waals surface area contributed by atoms with Crippen LogP contribution in [0.5, 0.6) is 0 Å². The highest BCUT2D eigenvalue weighted by Crippen LogP contribution is 2.31. The molecule has 1 saturated heterocycles.